The first-order valence-electron chi connectivity index (χ1n) is 12.3. The molecule has 1 saturated heterocycles. The SMILES string of the molecule is Cn1cc(CNC[C@@H]2CCC(=O)N2)c2ncc(-c3cccc(-c4cccc5c4CCC5)c3Cl)nc21. The molecule has 35 heavy (non-hydrogen) atoms. The van der Waals surface area contributed by atoms with Crippen molar-refractivity contribution in [2.45, 2.75) is 44.7 Å². The lowest BCUT2D eigenvalue weighted by Crippen LogP contribution is -2.35. The second-order valence-electron chi connectivity index (χ2n) is 9.59. The molecule has 0 bridgehead atoms. The highest BCUT2D eigenvalue weighted by atomic mass is 35.5. The second-order valence-corrected chi connectivity index (χ2v) is 9.97. The number of nitrogens with one attached hydrogen (secondary N) is 2. The molecule has 178 valence electrons. The minimum atomic E-state index is 0.139. The molecule has 1 atom stereocenters. The van der Waals surface area contributed by atoms with Gasteiger partial charge in [-0.25, -0.2) is 4.98 Å². The van der Waals surface area contributed by atoms with E-state index in [-0.39, 0.29) is 11.9 Å². The number of fused-ring (bicyclic) bond motifs is 2. The van der Waals surface area contributed by atoms with Gasteiger partial charge in [-0.3, -0.25) is 9.78 Å². The number of nitrogens with zero attached hydrogens (tertiary/aromatic N) is 3. The van der Waals surface area contributed by atoms with E-state index in [9.17, 15) is 4.79 Å². The molecule has 2 aromatic carbocycles. The summed E-state index contributed by atoms with van der Waals surface area (Å²) in [4.78, 5) is 21.2. The van der Waals surface area contributed by atoms with E-state index in [1.54, 1.807) is 0 Å². The molecular weight excluding hydrogens is 458 g/mol. The van der Waals surface area contributed by atoms with Gasteiger partial charge in [-0.2, -0.15) is 0 Å². The minimum Gasteiger partial charge on any atom is -0.352 e. The summed E-state index contributed by atoms with van der Waals surface area (Å²) in [5.41, 5.74) is 9.61. The third-order valence-electron chi connectivity index (χ3n) is 7.24. The van der Waals surface area contributed by atoms with Crippen LogP contribution in [0, 0.1) is 0 Å². The maximum absolute atomic E-state index is 11.4. The fourth-order valence-corrected chi connectivity index (χ4v) is 5.81. The zero-order valence-corrected chi connectivity index (χ0v) is 20.5. The number of halogens is 1. The van der Waals surface area contributed by atoms with Gasteiger partial charge in [0.1, 0.15) is 5.52 Å². The molecule has 3 heterocycles. The number of hydrogen-bond donors (Lipinski definition) is 2. The van der Waals surface area contributed by atoms with Gasteiger partial charge in [0.2, 0.25) is 5.91 Å². The van der Waals surface area contributed by atoms with Crippen LogP contribution in [0.4, 0.5) is 0 Å². The summed E-state index contributed by atoms with van der Waals surface area (Å²) < 4.78 is 2.02. The predicted molar refractivity (Wildman–Crippen MR) is 139 cm³/mol. The van der Waals surface area contributed by atoms with E-state index in [2.05, 4.69) is 47.2 Å². The predicted octanol–water partition coefficient (Wildman–Crippen LogP) is 4.81. The van der Waals surface area contributed by atoms with Gasteiger partial charge in [0.05, 0.1) is 16.9 Å². The van der Waals surface area contributed by atoms with Crippen LogP contribution < -0.4 is 10.6 Å². The van der Waals surface area contributed by atoms with Crippen LogP contribution in [0.5, 0.6) is 0 Å². The van der Waals surface area contributed by atoms with Crippen molar-refractivity contribution in [1.82, 2.24) is 25.2 Å². The normalized spacial score (nSPS) is 17.2. The van der Waals surface area contributed by atoms with Crippen molar-refractivity contribution in [1.29, 1.82) is 0 Å². The van der Waals surface area contributed by atoms with Gasteiger partial charge >= 0.3 is 0 Å². The molecule has 1 amide bonds. The molecular formula is C28H28ClN5O. The average molecular weight is 486 g/mol. The highest BCUT2D eigenvalue weighted by molar-refractivity contribution is 6.36. The Morgan fingerprint density at radius 2 is 1.94 bits per heavy atom. The molecule has 1 aliphatic carbocycles. The zero-order chi connectivity index (χ0) is 23.9. The number of aromatic nitrogens is 3. The Balaban J connectivity index is 1.29. The number of amides is 1. The molecule has 2 aliphatic rings. The number of hydrogen-bond acceptors (Lipinski definition) is 4. The molecule has 2 N–H and O–H groups in total. The van der Waals surface area contributed by atoms with Crippen LogP contribution in [-0.2, 0) is 31.2 Å². The van der Waals surface area contributed by atoms with Gasteiger partial charge in [0.25, 0.3) is 0 Å². The Kier molecular flexibility index (Phi) is 5.78. The van der Waals surface area contributed by atoms with E-state index in [1.807, 2.05) is 23.9 Å². The first-order chi connectivity index (χ1) is 17.1. The molecule has 0 radical (unpaired) electrons. The van der Waals surface area contributed by atoms with E-state index >= 15 is 0 Å². The van der Waals surface area contributed by atoms with Crippen LogP contribution in [0.2, 0.25) is 5.02 Å². The molecule has 6 rings (SSSR count). The number of carbonyl (C=O) groups excluding carboxylic acids is 1. The van der Waals surface area contributed by atoms with Crippen LogP contribution in [0.15, 0.2) is 48.8 Å². The maximum atomic E-state index is 11.4. The topological polar surface area (TPSA) is 71.8 Å². The Bertz CT molecular complexity index is 1440. The van der Waals surface area contributed by atoms with Gasteiger partial charge in [-0.05, 0) is 42.4 Å². The highest BCUT2D eigenvalue weighted by Crippen LogP contribution is 2.40. The Hall–Kier alpha value is -3.22. The van der Waals surface area contributed by atoms with Crippen LogP contribution in [0.25, 0.3) is 33.5 Å². The van der Waals surface area contributed by atoms with E-state index in [1.165, 1.54) is 23.1 Å². The van der Waals surface area contributed by atoms with Gasteiger partial charge in [0.15, 0.2) is 5.65 Å². The average Bonchev–Trinajstić information content (AvgIpc) is 3.58. The molecule has 0 spiro atoms. The second kappa shape index (κ2) is 9.10. The van der Waals surface area contributed by atoms with Gasteiger partial charge in [-0.1, -0.05) is 48.0 Å². The lowest BCUT2D eigenvalue weighted by molar-refractivity contribution is -0.119. The number of benzene rings is 2. The molecule has 0 unspecified atom stereocenters. The lowest BCUT2D eigenvalue weighted by atomic mass is 9.95. The first-order valence-corrected chi connectivity index (χ1v) is 12.7. The molecule has 4 aromatic rings. The lowest BCUT2D eigenvalue weighted by Gasteiger charge is -2.13. The zero-order valence-electron chi connectivity index (χ0n) is 19.8. The van der Waals surface area contributed by atoms with Crippen molar-refractivity contribution in [2.24, 2.45) is 7.05 Å². The van der Waals surface area contributed by atoms with Crippen molar-refractivity contribution in [3.05, 3.63) is 70.5 Å². The summed E-state index contributed by atoms with van der Waals surface area (Å²) in [6.07, 6.45) is 8.84. The fraction of sp³-hybridized carbons (Fsp3) is 0.321. The minimum absolute atomic E-state index is 0.139. The van der Waals surface area contributed by atoms with Crippen LogP contribution in [-0.4, -0.2) is 33.0 Å². The summed E-state index contributed by atoms with van der Waals surface area (Å²) in [7, 11) is 1.99. The number of carbonyl (C=O) groups is 1. The van der Waals surface area contributed by atoms with Crippen LogP contribution >= 0.6 is 11.6 Å². The van der Waals surface area contributed by atoms with Crippen LogP contribution in [0.1, 0.15) is 36.0 Å². The standard InChI is InChI=1S/C28H28ClN5O/c1-34-16-18(13-30-14-19-11-12-25(35)32-19)27-28(34)33-24(15-31-27)23-10-4-9-22(26(23)29)21-8-3-6-17-5-2-7-20(17)21/h3-4,6,8-10,15-16,19,30H,2,5,7,11-14H2,1H3,(H,32,35)/t19-/m0/s1. The molecule has 0 saturated carbocycles. The van der Waals surface area contributed by atoms with Gasteiger partial charge < -0.3 is 15.2 Å². The van der Waals surface area contributed by atoms with Gasteiger partial charge in [0, 0.05) is 55.5 Å². The maximum Gasteiger partial charge on any atom is 0.220 e. The molecule has 1 fully saturated rings. The van der Waals surface area contributed by atoms with E-state index in [0.29, 0.717) is 13.0 Å². The highest BCUT2D eigenvalue weighted by Gasteiger charge is 2.21. The van der Waals surface area contributed by atoms with Gasteiger partial charge in [-0.15, -0.1) is 0 Å². The Morgan fingerprint density at radius 1 is 1.11 bits per heavy atom. The van der Waals surface area contributed by atoms with Crippen molar-refractivity contribution in [3.63, 3.8) is 0 Å². The summed E-state index contributed by atoms with van der Waals surface area (Å²) in [5.74, 6) is 0.139. The summed E-state index contributed by atoms with van der Waals surface area (Å²) in [6, 6.07) is 12.9. The summed E-state index contributed by atoms with van der Waals surface area (Å²) >= 11 is 7.00. The van der Waals surface area contributed by atoms with Crippen molar-refractivity contribution >= 4 is 28.7 Å². The molecule has 2 aromatic heterocycles. The van der Waals surface area contributed by atoms with Crippen molar-refractivity contribution < 1.29 is 4.79 Å². The summed E-state index contributed by atoms with van der Waals surface area (Å²) in [6.45, 7) is 1.42. The smallest absolute Gasteiger partial charge is 0.220 e. The van der Waals surface area contributed by atoms with Crippen molar-refractivity contribution in [3.8, 4) is 22.4 Å². The molecule has 1 aliphatic heterocycles. The largest absolute Gasteiger partial charge is 0.352 e. The number of rotatable bonds is 6. The summed E-state index contributed by atoms with van der Waals surface area (Å²) in [5, 5.41) is 7.17. The fourth-order valence-electron chi connectivity index (χ4n) is 5.49. The van der Waals surface area contributed by atoms with Crippen LogP contribution in [0.3, 0.4) is 0 Å². The van der Waals surface area contributed by atoms with E-state index in [0.717, 1.165) is 64.4 Å². The Labute approximate surface area is 209 Å². The van der Waals surface area contributed by atoms with E-state index < -0.39 is 0 Å². The first kappa shape index (κ1) is 22.3. The number of aryl methyl sites for hydroxylation is 2. The quantitative estimate of drug-likeness (QED) is 0.411. The third-order valence-corrected chi connectivity index (χ3v) is 7.65. The molecule has 6 nitrogen and oxygen atoms in total. The van der Waals surface area contributed by atoms with E-state index in [4.69, 9.17) is 21.6 Å². The molecule has 7 heteroatoms. The monoisotopic (exact) mass is 485 g/mol. The van der Waals surface area contributed by atoms with Crippen molar-refractivity contribution in [2.75, 3.05) is 6.54 Å². The third kappa shape index (κ3) is 4.11. The Morgan fingerprint density at radius 3 is 2.80 bits per heavy atom.